The zero-order chi connectivity index (χ0) is 28.9. The average molecular weight is 563 g/mol. The van der Waals surface area contributed by atoms with Crippen molar-refractivity contribution in [2.45, 2.75) is 56.8 Å². The number of fused-ring (bicyclic) bond motifs is 1. The molecule has 1 aromatic carbocycles. The van der Waals surface area contributed by atoms with E-state index in [1.807, 2.05) is 30.5 Å². The third kappa shape index (κ3) is 10.1. The van der Waals surface area contributed by atoms with E-state index in [4.69, 9.17) is 17.2 Å². The van der Waals surface area contributed by atoms with Crippen molar-refractivity contribution < 1.29 is 24.3 Å². The van der Waals surface area contributed by atoms with Gasteiger partial charge in [0.1, 0.15) is 18.1 Å². The van der Waals surface area contributed by atoms with Gasteiger partial charge in [-0.2, -0.15) is 11.8 Å². The van der Waals surface area contributed by atoms with Crippen LogP contribution in [0.15, 0.2) is 35.5 Å². The molecule has 4 atom stereocenters. The monoisotopic (exact) mass is 562 g/mol. The number of guanidine groups is 1. The molecule has 0 bridgehead atoms. The van der Waals surface area contributed by atoms with Gasteiger partial charge in [-0.05, 0) is 49.8 Å². The summed E-state index contributed by atoms with van der Waals surface area (Å²) in [4.78, 5) is 57.5. The van der Waals surface area contributed by atoms with Crippen LogP contribution in [0, 0.1) is 0 Å². The molecule has 0 saturated carbocycles. The molecule has 0 aliphatic carbocycles. The molecular weight excluding hydrogens is 524 g/mol. The molecule has 39 heavy (non-hydrogen) atoms. The summed E-state index contributed by atoms with van der Waals surface area (Å²) in [5, 5.41) is 17.9. The maximum atomic E-state index is 13.5. The second-order valence-corrected chi connectivity index (χ2v) is 10.1. The van der Waals surface area contributed by atoms with Gasteiger partial charge in [-0.25, -0.2) is 0 Å². The maximum absolute atomic E-state index is 13.5. The first kappa shape index (κ1) is 31.4. The van der Waals surface area contributed by atoms with Gasteiger partial charge in [0.2, 0.25) is 17.7 Å². The summed E-state index contributed by atoms with van der Waals surface area (Å²) in [6.07, 6.45) is 4.68. The number of amides is 3. The molecule has 214 valence electrons. The van der Waals surface area contributed by atoms with E-state index in [1.165, 1.54) is 6.92 Å². The van der Waals surface area contributed by atoms with Crippen LogP contribution in [0.3, 0.4) is 0 Å². The van der Waals surface area contributed by atoms with Gasteiger partial charge in [-0.1, -0.05) is 18.2 Å². The van der Waals surface area contributed by atoms with Crippen LogP contribution < -0.4 is 33.2 Å². The van der Waals surface area contributed by atoms with Crippen LogP contribution in [0.1, 0.15) is 31.7 Å². The van der Waals surface area contributed by atoms with Crippen molar-refractivity contribution in [3.8, 4) is 0 Å². The normalized spacial score (nSPS) is 14.0. The fourth-order valence-electron chi connectivity index (χ4n) is 3.80. The number of thioether (sulfide) groups is 1. The number of aliphatic imine (C=N–C) groups is 1. The number of hydrogen-bond acceptors (Lipinski definition) is 7. The molecule has 0 aliphatic rings. The van der Waals surface area contributed by atoms with Crippen LogP contribution in [-0.4, -0.2) is 82.5 Å². The van der Waals surface area contributed by atoms with Gasteiger partial charge in [0.15, 0.2) is 5.96 Å². The molecule has 0 fully saturated rings. The first-order chi connectivity index (χ1) is 18.5. The summed E-state index contributed by atoms with van der Waals surface area (Å²) in [7, 11) is 0. The standard InChI is InChI=1S/C25H38N8O5S/c1-14(24(37)38)31-22(35)19(8-5-10-29-25(27)28)32-23(36)20(33-21(34)17(26)9-11-39-2)12-15-13-30-18-7-4-3-6-16(15)18/h3-4,6-7,13-14,17,19-20,30H,5,8-12,26H2,1-2H3,(H,31,35)(H,32,36)(H,33,34)(H,37,38)(H4,27,28,29). The number of aromatic nitrogens is 1. The highest BCUT2D eigenvalue weighted by Crippen LogP contribution is 2.19. The van der Waals surface area contributed by atoms with Crippen LogP contribution >= 0.6 is 11.8 Å². The SMILES string of the molecule is CSCCC(N)C(=O)NC(Cc1c[nH]c2ccccc12)C(=O)NC(CCCN=C(N)N)C(=O)NC(C)C(=O)O. The van der Waals surface area contributed by atoms with Crippen molar-refractivity contribution in [1.29, 1.82) is 0 Å². The Balaban J connectivity index is 2.27. The topological polar surface area (TPSA) is 231 Å². The van der Waals surface area contributed by atoms with E-state index in [2.05, 4.69) is 25.9 Å². The molecule has 14 heteroatoms. The Labute approximate surface area is 231 Å². The zero-order valence-corrected chi connectivity index (χ0v) is 22.9. The summed E-state index contributed by atoms with van der Waals surface area (Å²) in [5.74, 6) is -2.45. The predicted molar refractivity (Wildman–Crippen MR) is 152 cm³/mol. The number of nitrogens with one attached hydrogen (secondary N) is 4. The summed E-state index contributed by atoms with van der Waals surface area (Å²) in [6, 6.07) is 3.40. The summed E-state index contributed by atoms with van der Waals surface area (Å²) >= 11 is 1.55. The number of nitrogens with two attached hydrogens (primary N) is 3. The quantitative estimate of drug-likeness (QED) is 0.0740. The van der Waals surface area contributed by atoms with Crippen molar-refractivity contribution in [1.82, 2.24) is 20.9 Å². The van der Waals surface area contributed by atoms with Crippen LogP contribution in [-0.2, 0) is 25.6 Å². The highest BCUT2D eigenvalue weighted by Gasteiger charge is 2.30. The minimum atomic E-state index is -1.22. The Morgan fingerprint density at radius 3 is 2.36 bits per heavy atom. The molecule has 0 spiro atoms. The van der Waals surface area contributed by atoms with Gasteiger partial charge in [0.05, 0.1) is 6.04 Å². The molecule has 1 aromatic heterocycles. The molecule has 2 rings (SSSR count). The van der Waals surface area contributed by atoms with E-state index in [9.17, 15) is 24.3 Å². The number of H-pyrrole nitrogens is 1. The van der Waals surface area contributed by atoms with E-state index < -0.39 is 47.9 Å². The molecule has 3 amide bonds. The lowest BCUT2D eigenvalue weighted by molar-refractivity contribution is -0.141. The Hall–Kier alpha value is -3.78. The van der Waals surface area contributed by atoms with Gasteiger partial charge < -0.3 is 43.2 Å². The number of benzene rings is 1. The third-order valence-electron chi connectivity index (χ3n) is 6.01. The second kappa shape index (κ2) is 15.6. The number of carboxylic acid groups (broad SMARTS) is 1. The van der Waals surface area contributed by atoms with Crippen molar-refractivity contribution in [2.24, 2.45) is 22.2 Å². The lowest BCUT2D eigenvalue weighted by Gasteiger charge is -2.25. The van der Waals surface area contributed by atoms with Gasteiger partial charge >= 0.3 is 5.97 Å². The predicted octanol–water partition coefficient (Wildman–Crippen LogP) is -0.597. The number of carbonyl (C=O) groups excluding carboxylic acids is 3. The maximum Gasteiger partial charge on any atom is 0.325 e. The Morgan fingerprint density at radius 1 is 1.03 bits per heavy atom. The van der Waals surface area contributed by atoms with Crippen LogP contribution in [0.25, 0.3) is 10.9 Å². The minimum Gasteiger partial charge on any atom is -0.480 e. The fraction of sp³-hybridized carbons (Fsp3) is 0.480. The summed E-state index contributed by atoms with van der Waals surface area (Å²) in [5.41, 5.74) is 18.4. The molecule has 11 N–H and O–H groups in total. The molecular formula is C25H38N8O5S. The number of rotatable bonds is 16. The second-order valence-electron chi connectivity index (χ2n) is 9.09. The van der Waals surface area contributed by atoms with Crippen LogP contribution in [0.2, 0.25) is 0 Å². The van der Waals surface area contributed by atoms with E-state index >= 15 is 0 Å². The van der Waals surface area contributed by atoms with Gasteiger partial charge in [-0.3, -0.25) is 24.2 Å². The number of aromatic amines is 1. The number of para-hydroxylation sites is 1. The Kier molecular flexibility index (Phi) is 12.6. The van der Waals surface area contributed by atoms with Gasteiger partial charge in [-0.15, -0.1) is 0 Å². The molecule has 1 heterocycles. The first-order valence-electron chi connectivity index (χ1n) is 12.5. The van der Waals surface area contributed by atoms with Gasteiger partial charge in [0.25, 0.3) is 0 Å². The lowest BCUT2D eigenvalue weighted by atomic mass is 10.0. The highest BCUT2D eigenvalue weighted by atomic mass is 32.2. The number of hydrogen-bond donors (Lipinski definition) is 8. The fourth-order valence-corrected chi connectivity index (χ4v) is 4.29. The van der Waals surface area contributed by atoms with Crippen LogP contribution in [0.5, 0.6) is 0 Å². The van der Waals surface area contributed by atoms with Crippen molar-refractivity contribution in [3.63, 3.8) is 0 Å². The number of carbonyl (C=O) groups is 4. The van der Waals surface area contributed by atoms with Crippen molar-refractivity contribution in [3.05, 3.63) is 36.0 Å². The smallest absolute Gasteiger partial charge is 0.325 e. The largest absolute Gasteiger partial charge is 0.480 e. The molecule has 13 nitrogen and oxygen atoms in total. The lowest BCUT2D eigenvalue weighted by Crippen LogP contribution is -2.57. The molecule has 2 aromatic rings. The Bertz CT molecular complexity index is 1170. The molecule has 0 saturated heterocycles. The summed E-state index contributed by atoms with van der Waals surface area (Å²) < 4.78 is 0. The number of nitrogens with zero attached hydrogens (tertiary/aromatic N) is 1. The van der Waals surface area contributed by atoms with E-state index in [0.717, 1.165) is 16.5 Å². The Morgan fingerprint density at radius 2 is 1.69 bits per heavy atom. The highest BCUT2D eigenvalue weighted by molar-refractivity contribution is 7.98. The van der Waals surface area contributed by atoms with E-state index in [1.54, 1.807) is 18.0 Å². The van der Waals surface area contributed by atoms with Crippen molar-refractivity contribution >= 4 is 52.3 Å². The van der Waals surface area contributed by atoms with Gasteiger partial charge in [0, 0.05) is 30.1 Å². The average Bonchev–Trinajstić information content (AvgIpc) is 3.30. The van der Waals surface area contributed by atoms with Crippen molar-refractivity contribution in [2.75, 3.05) is 18.6 Å². The minimum absolute atomic E-state index is 0.112. The zero-order valence-electron chi connectivity index (χ0n) is 22.1. The molecule has 0 radical (unpaired) electrons. The molecule has 4 unspecified atom stereocenters. The molecule has 0 aliphatic heterocycles. The summed E-state index contributed by atoms with van der Waals surface area (Å²) in [6.45, 7) is 1.52. The first-order valence-corrected chi connectivity index (χ1v) is 13.9. The van der Waals surface area contributed by atoms with E-state index in [0.29, 0.717) is 18.6 Å². The van der Waals surface area contributed by atoms with E-state index in [-0.39, 0.29) is 25.3 Å². The third-order valence-corrected chi connectivity index (χ3v) is 6.65. The number of carboxylic acids is 1. The number of aliphatic carboxylic acids is 1. The van der Waals surface area contributed by atoms with Crippen LogP contribution in [0.4, 0.5) is 0 Å².